The van der Waals surface area contributed by atoms with Crippen LogP contribution < -0.4 is 5.32 Å². The van der Waals surface area contributed by atoms with E-state index in [0.29, 0.717) is 10.7 Å². The fraction of sp³-hybridized carbons (Fsp3) is 0. The Kier molecular flexibility index (Phi) is 4.80. The number of amides is 1. The van der Waals surface area contributed by atoms with Gasteiger partial charge in [0.15, 0.2) is 5.13 Å². The molecule has 1 amide bonds. The van der Waals surface area contributed by atoms with Gasteiger partial charge >= 0.3 is 0 Å². The van der Waals surface area contributed by atoms with Crippen LogP contribution in [0.25, 0.3) is 17.3 Å². The Morgan fingerprint density at radius 1 is 1.12 bits per heavy atom. The average Bonchev–Trinajstić information content (AvgIpc) is 3.09. The Bertz CT molecular complexity index is 906. The summed E-state index contributed by atoms with van der Waals surface area (Å²) in [7, 11) is 0. The van der Waals surface area contributed by atoms with Crippen LogP contribution in [0.3, 0.4) is 0 Å². The topological polar surface area (TPSA) is 65.8 Å². The summed E-state index contributed by atoms with van der Waals surface area (Å²) >= 11 is 1.36. The lowest BCUT2D eigenvalue weighted by atomic mass is 10.1. The zero-order valence-corrected chi connectivity index (χ0v) is 13.5. The molecule has 0 aliphatic heterocycles. The molecule has 2 aromatic carbocycles. The largest absolute Gasteiger partial charge is 0.298 e. The second-order valence-corrected chi connectivity index (χ2v) is 5.82. The molecule has 0 radical (unpaired) electrons. The molecule has 0 bridgehead atoms. The Labute approximate surface area is 143 Å². The number of thiazole rings is 1. The molecule has 0 saturated heterocycles. The molecule has 1 heterocycles. The summed E-state index contributed by atoms with van der Waals surface area (Å²) in [5.41, 5.74) is 3.25. The average molecular weight is 331 g/mol. The van der Waals surface area contributed by atoms with Crippen LogP contribution in [0.15, 0.2) is 66.1 Å². The second-order valence-electron chi connectivity index (χ2n) is 4.96. The van der Waals surface area contributed by atoms with E-state index in [2.05, 4.69) is 16.4 Å². The van der Waals surface area contributed by atoms with Crippen LogP contribution in [0, 0.1) is 11.3 Å². The third-order valence-electron chi connectivity index (χ3n) is 3.27. The van der Waals surface area contributed by atoms with Crippen molar-refractivity contribution in [3.8, 4) is 17.3 Å². The lowest BCUT2D eigenvalue weighted by Crippen LogP contribution is -2.07. The molecule has 3 aromatic rings. The van der Waals surface area contributed by atoms with Crippen molar-refractivity contribution in [2.45, 2.75) is 0 Å². The number of nitrogens with zero attached hydrogens (tertiary/aromatic N) is 2. The Morgan fingerprint density at radius 2 is 1.88 bits per heavy atom. The summed E-state index contributed by atoms with van der Waals surface area (Å²) in [5, 5.41) is 14.0. The fourth-order valence-electron chi connectivity index (χ4n) is 2.06. The number of rotatable bonds is 4. The van der Waals surface area contributed by atoms with Gasteiger partial charge in [0.25, 0.3) is 0 Å². The summed E-state index contributed by atoms with van der Waals surface area (Å²) in [4.78, 5) is 16.3. The second kappa shape index (κ2) is 7.36. The quantitative estimate of drug-likeness (QED) is 0.723. The van der Waals surface area contributed by atoms with E-state index < -0.39 is 0 Å². The number of nitriles is 1. The monoisotopic (exact) mass is 331 g/mol. The molecule has 0 saturated carbocycles. The predicted molar refractivity (Wildman–Crippen MR) is 96.4 cm³/mol. The molecule has 3 rings (SSSR count). The molecule has 116 valence electrons. The van der Waals surface area contributed by atoms with E-state index in [4.69, 9.17) is 5.26 Å². The van der Waals surface area contributed by atoms with E-state index >= 15 is 0 Å². The zero-order chi connectivity index (χ0) is 16.8. The molecule has 24 heavy (non-hydrogen) atoms. The fourth-order valence-corrected chi connectivity index (χ4v) is 2.79. The number of carbonyl (C=O) groups is 1. The Balaban J connectivity index is 1.66. The maximum absolute atomic E-state index is 11.9. The number of nitrogens with one attached hydrogen (secondary N) is 1. The molecule has 0 fully saturated rings. The minimum absolute atomic E-state index is 0.223. The molecule has 0 aliphatic carbocycles. The van der Waals surface area contributed by atoms with E-state index in [0.717, 1.165) is 16.8 Å². The highest BCUT2D eigenvalue weighted by molar-refractivity contribution is 7.14. The Hall–Kier alpha value is -3.23. The normalized spacial score (nSPS) is 10.5. The third kappa shape index (κ3) is 3.94. The van der Waals surface area contributed by atoms with Gasteiger partial charge in [0.1, 0.15) is 0 Å². The number of carbonyl (C=O) groups excluding carboxylic acids is 1. The highest BCUT2D eigenvalue weighted by Crippen LogP contribution is 2.25. The van der Waals surface area contributed by atoms with Crippen molar-refractivity contribution in [1.29, 1.82) is 5.26 Å². The summed E-state index contributed by atoms with van der Waals surface area (Å²) in [6.45, 7) is 0. The van der Waals surface area contributed by atoms with Crippen molar-refractivity contribution in [3.05, 3.63) is 77.2 Å². The van der Waals surface area contributed by atoms with Crippen LogP contribution in [0.4, 0.5) is 5.13 Å². The van der Waals surface area contributed by atoms with Crippen LogP contribution in [-0.2, 0) is 4.79 Å². The minimum Gasteiger partial charge on any atom is -0.298 e. The molecular weight excluding hydrogens is 318 g/mol. The van der Waals surface area contributed by atoms with E-state index in [-0.39, 0.29) is 5.91 Å². The van der Waals surface area contributed by atoms with E-state index in [9.17, 15) is 4.79 Å². The van der Waals surface area contributed by atoms with Crippen LogP contribution in [0.2, 0.25) is 0 Å². The van der Waals surface area contributed by atoms with E-state index in [1.807, 2.05) is 47.8 Å². The number of benzene rings is 2. The number of anilines is 1. The molecule has 1 N–H and O–H groups in total. The van der Waals surface area contributed by atoms with Crippen molar-refractivity contribution in [3.63, 3.8) is 0 Å². The first-order valence-corrected chi connectivity index (χ1v) is 8.13. The Morgan fingerprint density at radius 3 is 2.58 bits per heavy atom. The maximum atomic E-state index is 11.9. The number of aromatic nitrogens is 1. The van der Waals surface area contributed by atoms with Crippen molar-refractivity contribution >= 4 is 28.5 Å². The SMILES string of the molecule is N#Cc1ccc(-c2csc(NC(=O)/C=C/c3ccccc3)n2)cc1. The first-order valence-electron chi connectivity index (χ1n) is 7.25. The summed E-state index contributed by atoms with van der Waals surface area (Å²) in [6, 6.07) is 18.9. The molecule has 0 atom stereocenters. The van der Waals surface area contributed by atoms with Gasteiger partial charge in [0, 0.05) is 17.0 Å². The zero-order valence-electron chi connectivity index (χ0n) is 12.6. The summed E-state index contributed by atoms with van der Waals surface area (Å²) in [5.74, 6) is -0.223. The number of hydrogen-bond acceptors (Lipinski definition) is 4. The third-order valence-corrected chi connectivity index (χ3v) is 4.03. The van der Waals surface area contributed by atoms with Gasteiger partial charge in [-0.05, 0) is 23.8 Å². The first kappa shape index (κ1) is 15.7. The first-order chi connectivity index (χ1) is 11.7. The summed E-state index contributed by atoms with van der Waals surface area (Å²) < 4.78 is 0. The molecule has 0 aliphatic rings. The molecule has 0 unspecified atom stereocenters. The van der Waals surface area contributed by atoms with Gasteiger partial charge in [-0.1, -0.05) is 42.5 Å². The van der Waals surface area contributed by atoms with Crippen molar-refractivity contribution in [2.75, 3.05) is 5.32 Å². The lowest BCUT2D eigenvalue weighted by molar-refractivity contribution is -0.111. The smallest absolute Gasteiger partial charge is 0.250 e. The molecule has 1 aromatic heterocycles. The standard InChI is InChI=1S/C19H13N3OS/c20-12-15-6-9-16(10-7-15)17-13-24-19(21-17)22-18(23)11-8-14-4-2-1-3-5-14/h1-11,13H,(H,21,22,23)/b11-8+. The van der Waals surface area contributed by atoms with Crippen LogP contribution in [-0.4, -0.2) is 10.9 Å². The summed E-state index contributed by atoms with van der Waals surface area (Å²) in [6.07, 6.45) is 3.24. The van der Waals surface area contributed by atoms with Gasteiger partial charge < -0.3 is 0 Å². The highest BCUT2D eigenvalue weighted by Gasteiger charge is 2.06. The highest BCUT2D eigenvalue weighted by atomic mass is 32.1. The van der Waals surface area contributed by atoms with Crippen molar-refractivity contribution in [2.24, 2.45) is 0 Å². The predicted octanol–water partition coefficient (Wildman–Crippen LogP) is 4.33. The van der Waals surface area contributed by atoms with Gasteiger partial charge in [0.05, 0.1) is 17.3 Å². The molecule has 4 nitrogen and oxygen atoms in total. The molecular formula is C19H13N3OS. The maximum Gasteiger partial charge on any atom is 0.250 e. The lowest BCUT2D eigenvalue weighted by Gasteiger charge is -1.97. The van der Waals surface area contributed by atoms with Gasteiger partial charge in [-0.2, -0.15) is 5.26 Å². The van der Waals surface area contributed by atoms with Gasteiger partial charge in [-0.15, -0.1) is 11.3 Å². The van der Waals surface area contributed by atoms with Gasteiger partial charge in [-0.3, -0.25) is 10.1 Å². The van der Waals surface area contributed by atoms with Gasteiger partial charge in [0.2, 0.25) is 5.91 Å². The van der Waals surface area contributed by atoms with E-state index in [1.165, 1.54) is 17.4 Å². The van der Waals surface area contributed by atoms with Crippen LogP contribution in [0.5, 0.6) is 0 Å². The van der Waals surface area contributed by atoms with Gasteiger partial charge in [-0.25, -0.2) is 4.98 Å². The van der Waals surface area contributed by atoms with Crippen LogP contribution >= 0.6 is 11.3 Å². The van der Waals surface area contributed by atoms with Crippen LogP contribution in [0.1, 0.15) is 11.1 Å². The minimum atomic E-state index is -0.223. The molecule has 0 spiro atoms. The van der Waals surface area contributed by atoms with Crippen molar-refractivity contribution < 1.29 is 4.79 Å². The number of hydrogen-bond donors (Lipinski definition) is 1. The van der Waals surface area contributed by atoms with E-state index in [1.54, 1.807) is 18.2 Å². The molecule has 5 heteroatoms. The van der Waals surface area contributed by atoms with Crippen molar-refractivity contribution in [1.82, 2.24) is 4.98 Å².